The molecule has 0 aliphatic rings. The van der Waals surface area contributed by atoms with Crippen molar-refractivity contribution in [1.82, 2.24) is 4.90 Å². The highest BCUT2D eigenvalue weighted by molar-refractivity contribution is 7.16. The predicted octanol–water partition coefficient (Wildman–Crippen LogP) is 4.59. The number of nitro groups is 1. The molecule has 0 saturated carbocycles. The topological polar surface area (TPSA) is 75.5 Å². The quantitative estimate of drug-likeness (QED) is 0.400. The van der Waals surface area contributed by atoms with Crippen LogP contribution in [0.1, 0.15) is 4.88 Å². The average Bonchev–Trinajstić information content (AvgIpc) is 2.92. The van der Waals surface area contributed by atoms with E-state index in [2.05, 4.69) is 11.9 Å². The number of hydrogen-bond donors (Lipinski definition) is 1. The molecule has 0 aliphatic carbocycles. The van der Waals surface area contributed by atoms with Gasteiger partial charge in [0.2, 0.25) is 5.91 Å². The van der Waals surface area contributed by atoms with Gasteiger partial charge in [-0.25, -0.2) is 0 Å². The van der Waals surface area contributed by atoms with Crippen LogP contribution in [0.4, 0.5) is 11.4 Å². The number of halogens is 2. The van der Waals surface area contributed by atoms with Crippen molar-refractivity contribution in [2.45, 2.75) is 6.54 Å². The summed E-state index contributed by atoms with van der Waals surface area (Å²) < 4.78 is 0.674. The minimum Gasteiger partial charge on any atom is -0.319 e. The van der Waals surface area contributed by atoms with Gasteiger partial charge in [-0.3, -0.25) is 19.8 Å². The van der Waals surface area contributed by atoms with Crippen molar-refractivity contribution in [3.05, 3.63) is 67.3 Å². The van der Waals surface area contributed by atoms with Gasteiger partial charge in [-0.05, 0) is 24.3 Å². The molecule has 0 saturated heterocycles. The van der Waals surface area contributed by atoms with Crippen LogP contribution in [-0.2, 0) is 11.3 Å². The van der Waals surface area contributed by atoms with E-state index in [9.17, 15) is 14.9 Å². The van der Waals surface area contributed by atoms with Crippen molar-refractivity contribution in [3.8, 4) is 0 Å². The molecular weight excluding hydrogens is 385 g/mol. The maximum Gasteiger partial charge on any atom is 0.292 e. The number of anilines is 1. The van der Waals surface area contributed by atoms with Gasteiger partial charge in [0, 0.05) is 29.1 Å². The molecule has 0 radical (unpaired) electrons. The van der Waals surface area contributed by atoms with Crippen molar-refractivity contribution in [1.29, 1.82) is 0 Å². The predicted molar refractivity (Wildman–Crippen MR) is 102 cm³/mol. The number of nitrogens with zero attached hydrogens (tertiary/aromatic N) is 2. The van der Waals surface area contributed by atoms with Gasteiger partial charge in [0.1, 0.15) is 5.69 Å². The highest BCUT2D eigenvalue weighted by atomic mass is 35.5. The molecule has 0 fully saturated rings. The summed E-state index contributed by atoms with van der Waals surface area (Å²) in [5.41, 5.74) is -0.140. The molecule has 1 N–H and O–H groups in total. The fourth-order valence-electron chi connectivity index (χ4n) is 2.19. The van der Waals surface area contributed by atoms with Crippen molar-refractivity contribution < 1.29 is 9.72 Å². The molecule has 0 unspecified atom stereocenters. The van der Waals surface area contributed by atoms with Crippen LogP contribution in [0.15, 0.2) is 43.0 Å². The number of amides is 1. The van der Waals surface area contributed by atoms with E-state index in [-0.39, 0.29) is 23.8 Å². The fourth-order valence-corrected chi connectivity index (χ4v) is 3.49. The normalized spacial score (nSPS) is 10.7. The molecule has 25 heavy (non-hydrogen) atoms. The lowest BCUT2D eigenvalue weighted by Gasteiger charge is -2.19. The zero-order valence-corrected chi connectivity index (χ0v) is 15.4. The molecule has 6 nitrogen and oxygen atoms in total. The summed E-state index contributed by atoms with van der Waals surface area (Å²) in [5.74, 6) is -0.380. The third-order valence-corrected chi connectivity index (χ3v) is 4.64. The first-order valence-corrected chi connectivity index (χ1v) is 8.77. The van der Waals surface area contributed by atoms with Gasteiger partial charge < -0.3 is 5.32 Å². The maximum atomic E-state index is 12.3. The summed E-state index contributed by atoms with van der Waals surface area (Å²) in [6.07, 6.45) is 1.68. The largest absolute Gasteiger partial charge is 0.319 e. The molecule has 0 bridgehead atoms. The number of carbonyl (C=O) groups excluding carboxylic acids is 1. The second-order valence-electron chi connectivity index (χ2n) is 5.13. The molecule has 2 aromatic rings. The summed E-state index contributed by atoms with van der Waals surface area (Å²) in [7, 11) is 0. The zero-order chi connectivity index (χ0) is 18.4. The Morgan fingerprint density at radius 3 is 2.72 bits per heavy atom. The molecular formula is C16H15Cl2N3O3S. The van der Waals surface area contributed by atoms with E-state index in [0.29, 0.717) is 22.4 Å². The van der Waals surface area contributed by atoms with E-state index in [1.165, 1.54) is 29.5 Å². The number of rotatable bonds is 8. The average molecular weight is 400 g/mol. The summed E-state index contributed by atoms with van der Waals surface area (Å²) in [6, 6.07) is 7.70. The first-order valence-electron chi connectivity index (χ1n) is 7.20. The van der Waals surface area contributed by atoms with Crippen LogP contribution in [0.2, 0.25) is 9.36 Å². The smallest absolute Gasteiger partial charge is 0.292 e. The molecule has 2 rings (SSSR count). The number of thiophene rings is 1. The molecule has 132 valence electrons. The number of carbonyl (C=O) groups is 1. The van der Waals surface area contributed by atoms with E-state index in [4.69, 9.17) is 23.2 Å². The Labute approximate surface area is 158 Å². The second kappa shape index (κ2) is 8.96. The molecule has 1 amide bonds. The first kappa shape index (κ1) is 19.4. The van der Waals surface area contributed by atoms with Gasteiger partial charge in [0.15, 0.2) is 0 Å². The summed E-state index contributed by atoms with van der Waals surface area (Å²) >= 11 is 13.2. The minimum absolute atomic E-state index is 0.0468. The van der Waals surface area contributed by atoms with Crippen LogP contribution in [0.25, 0.3) is 0 Å². The summed E-state index contributed by atoms with van der Waals surface area (Å²) in [4.78, 5) is 25.7. The van der Waals surface area contributed by atoms with Crippen molar-refractivity contribution >= 4 is 51.8 Å². The number of nitro benzene ring substituents is 1. The Morgan fingerprint density at radius 2 is 2.12 bits per heavy atom. The second-order valence-corrected chi connectivity index (χ2v) is 7.37. The van der Waals surface area contributed by atoms with E-state index in [1.54, 1.807) is 12.1 Å². The molecule has 1 aromatic heterocycles. The van der Waals surface area contributed by atoms with Crippen LogP contribution < -0.4 is 5.32 Å². The van der Waals surface area contributed by atoms with Crippen molar-refractivity contribution in [2.75, 3.05) is 18.4 Å². The van der Waals surface area contributed by atoms with Crippen LogP contribution >= 0.6 is 34.5 Å². The van der Waals surface area contributed by atoms with Gasteiger partial charge in [0.05, 0.1) is 15.8 Å². The third kappa shape index (κ3) is 5.82. The molecule has 1 aromatic carbocycles. The van der Waals surface area contributed by atoms with E-state index >= 15 is 0 Å². The summed E-state index contributed by atoms with van der Waals surface area (Å²) in [5, 5.41) is 13.9. The fraction of sp³-hybridized carbons (Fsp3) is 0.188. The molecule has 0 aliphatic heterocycles. The maximum absolute atomic E-state index is 12.3. The Morgan fingerprint density at radius 1 is 1.36 bits per heavy atom. The van der Waals surface area contributed by atoms with E-state index < -0.39 is 4.92 Å². The molecule has 1 heterocycles. The third-order valence-electron chi connectivity index (χ3n) is 3.19. The number of nitrogens with one attached hydrogen (secondary N) is 1. The summed E-state index contributed by atoms with van der Waals surface area (Å²) in [6.45, 7) is 4.74. The number of benzene rings is 1. The van der Waals surface area contributed by atoms with E-state index in [0.717, 1.165) is 4.88 Å². The highest BCUT2D eigenvalue weighted by Crippen LogP contribution is 2.27. The monoisotopic (exact) mass is 399 g/mol. The van der Waals surface area contributed by atoms with Crippen LogP contribution in [-0.4, -0.2) is 28.8 Å². The van der Waals surface area contributed by atoms with E-state index in [1.807, 2.05) is 11.0 Å². The zero-order valence-electron chi connectivity index (χ0n) is 13.1. The molecule has 0 spiro atoms. The van der Waals surface area contributed by atoms with Crippen molar-refractivity contribution in [2.24, 2.45) is 0 Å². The minimum atomic E-state index is -0.568. The lowest BCUT2D eigenvalue weighted by Crippen LogP contribution is -2.33. The van der Waals surface area contributed by atoms with Crippen LogP contribution in [0.3, 0.4) is 0 Å². The first-order chi connectivity index (χ1) is 11.9. The van der Waals surface area contributed by atoms with Gasteiger partial charge in [0.25, 0.3) is 5.69 Å². The molecule has 0 atom stereocenters. The lowest BCUT2D eigenvalue weighted by molar-refractivity contribution is -0.383. The van der Waals surface area contributed by atoms with Gasteiger partial charge in [-0.2, -0.15) is 0 Å². The van der Waals surface area contributed by atoms with Crippen LogP contribution in [0.5, 0.6) is 0 Å². The van der Waals surface area contributed by atoms with Gasteiger partial charge >= 0.3 is 0 Å². The Kier molecular flexibility index (Phi) is 6.95. The SMILES string of the molecule is C=CCN(CC(=O)Nc1cc(Cl)ccc1[N+](=O)[O-])Cc1ccc(Cl)s1. The molecule has 9 heteroatoms. The number of hydrogen-bond acceptors (Lipinski definition) is 5. The van der Waals surface area contributed by atoms with Gasteiger partial charge in [-0.1, -0.05) is 29.3 Å². The van der Waals surface area contributed by atoms with Crippen molar-refractivity contribution in [3.63, 3.8) is 0 Å². The Hall–Kier alpha value is -1.93. The lowest BCUT2D eigenvalue weighted by atomic mass is 10.2. The standard InChI is InChI=1S/C16H15Cl2N3O3S/c1-2-7-20(9-12-4-6-15(18)25-12)10-16(22)19-13-8-11(17)3-5-14(13)21(23)24/h2-6,8H,1,7,9-10H2,(H,19,22). The van der Waals surface area contributed by atoms with Crippen LogP contribution in [0, 0.1) is 10.1 Å². The highest BCUT2D eigenvalue weighted by Gasteiger charge is 2.18. The van der Waals surface area contributed by atoms with Gasteiger partial charge in [-0.15, -0.1) is 17.9 Å². The Bertz CT molecular complexity index is 795. The Balaban J connectivity index is 2.07.